The first-order valence-electron chi connectivity index (χ1n) is 9.23. The zero-order valence-electron chi connectivity index (χ0n) is 16.4. The molecule has 0 fully saturated rings. The molecule has 0 aromatic heterocycles. The highest BCUT2D eigenvalue weighted by atomic mass is 16.5. The van der Waals surface area contributed by atoms with Gasteiger partial charge in [0, 0.05) is 50.2 Å². The first kappa shape index (κ1) is 18.7. The summed E-state index contributed by atoms with van der Waals surface area (Å²) in [5.41, 5.74) is 10.8. The van der Waals surface area contributed by atoms with Crippen LogP contribution in [0.1, 0.15) is 30.9 Å². The van der Waals surface area contributed by atoms with Crippen LogP contribution in [0.15, 0.2) is 53.9 Å². The fraction of sp³-hybridized carbons (Fsp3) is 0.318. The maximum Gasteiger partial charge on any atom is 0.205 e. The van der Waals surface area contributed by atoms with Crippen molar-refractivity contribution in [2.45, 2.75) is 19.8 Å². The molecule has 0 spiro atoms. The molecule has 0 radical (unpaired) electrons. The van der Waals surface area contributed by atoms with Gasteiger partial charge in [-0.1, -0.05) is 18.2 Å². The molecule has 0 aliphatic carbocycles. The zero-order valence-corrected chi connectivity index (χ0v) is 16.4. The smallest absolute Gasteiger partial charge is 0.205 e. The number of allylic oxidation sites excluding steroid dienone is 1. The van der Waals surface area contributed by atoms with Crippen molar-refractivity contribution >= 4 is 11.4 Å². The fourth-order valence-electron chi connectivity index (χ4n) is 3.54. The lowest BCUT2D eigenvalue weighted by Gasteiger charge is -2.29. The molecule has 1 heterocycles. The second kappa shape index (κ2) is 7.63. The van der Waals surface area contributed by atoms with E-state index in [2.05, 4.69) is 61.2 Å². The average Bonchev–Trinajstić information content (AvgIpc) is 2.67. The van der Waals surface area contributed by atoms with E-state index in [1.54, 1.807) is 0 Å². The van der Waals surface area contributed by atoms with Crippen LogP contribution in [0, 0.1) is 11.3 Å². The SMILES string of the molecule is CCN(CC)c1ccc2c(c1)OC(N)=C(C#N)[C@H]2c1ccc(N(C)C)cc1. The molecule has 1 aliphatic heterocycles. The quantitative estimate of drug-likeness (QED) is 0.876. The van der Waals surface area contributed by atoms with E-state index in [1.165, 1.54) is 0 Å². The molecular formula is C22H26N4O. The topological polar surface area (TPSA) is 65.5 Å². The van der Waals surface area contributed by atoms with Gasteiger partial charge in [-0.15, -0.1) is 0 Å². The molecular weight excluding hydrogens is 336 g/mol. The summed E-state index contributed by atoms with van der Waals surface area (Å²) in [6, 6.07) is 16.6. The molecule has 5 heteroatoms. The van der Waals surface area contributed by atoms with Crippen molar-refractivity contribution < 1.29 is 4.74 Å². The number of nitrogens with two attached hydrogens (primary N) is 1. The third kappa shape index (κ3) is 3.43. The summed E-state index contributed by atoms with van der Waals surface area (Å²) in [4.78, 5) is 4.30. The molecule has 2 N–H and O–H groups in total. The minimum atomic E-state index is -0.222. The summed E-state index contributed by atoms with van der Waals surface area (Å²) in [6.45, 7) is 6.08. The van der Waals surface area contributed by atoms with Crippen LogP contribution in [0.3, 0.4) is 0 Å². The lowest BCUT2D eigenvalue weighted by molar-refractivity contribution is 0.393. The minimum absolute atomic E-state index is 0.184. The molecule has 140 valence electrons. The fourth-order valence-corrected chi connectivity index (χ4v) is 3.54. The monoisotopic (exact) mass is 362 g/mol. The van der Waals surface area contributed by atoms with E-state index in [9.17, 15) is 5.26 Å². The largest absolute Gasteiger partial charge is 0.440 e. The van der Waals surface area contributed by atoms with Crippen molar-refractivity contribution in [1.29, 1.82) is 5.26 Å². The van der Waals surface area contributed by atoms with E-state index in [0.29, 0.717) is 5.57 Å². The number of hydrogen-bond acceptors (Lipinski definition) is 5. The van der Waals surface area contributed by atoms with Crippen molar-refractivity contribution in [2.24, 2.45) is 5.73 Å². The van der Waals surface area contributed by atoms with Gasteiger partial charge in [-0.05, 0) is 37.6 Å². The summed E-state index contributed by atoms with van der Waals surface area (Å²) in [6.07, 6.45) is 0. The maximum atomic E-state index is 9.70. The molecule has 27 heavy (non-hydrogen) atoms. The van der Waals surface area contributed by atoms with Gasteiger partial charge in [0.2, 0.25) is 5.88 Å². The van der Waals surface area contributed by atoms with Gasteiger partial charge in [0.1, 0.15) is 17.4 Å². The molecule has 0 bridgehead atoms. The van der Waals surface area contributed by atoms with Crippen LogP contribution in [-0.2, 0) is 0 Å². The number of fused-ring (bicyclic) bond motifs is 1. The van der Waals surface area contributed by atoms with Crippen LogP contribution in [0.5, 0.6) is 5.75 Å². The van der Waals surface area contributed by atoms with Gasteiger partial charge in [0.25, 0.3) is 0 Å². The van der Waals surface area contributed by atoms with E-state index in [1.807, 2.05) is 25.1 Å². The molecule has 0 amide bonds. The molecule has 0 saturated carbocycles. The van der Waals surface area contributed by atoms with Gasteiger partial charge >= 0.3 is 0 Å². The van der Waals surface area contributed by atoms with Crippen LogP contribution in [-0.4, -0.2) is 27.2 Å². The Morgan fingerprint density at radius 1 is 1.04 bits per heavy atom. The van der Waals surface area contributed by atoms with E-state index in [0.717, 1.165) is 41.3 Å². The van der Waals surface area contributed by atoms with Gasteiger partial charge in [-0.25, -0.2) is 0 Å². The zero-order chi connectivity index (χ0) is 19.6. The molecule has 2 aromatic rings. The van der Waals surface area contributed by atoms with Crippen LogP contribution in [0.2, 0.25) is 0 Å². The Morgan fingerprint density at radius 2 is 1.67 bits per heavy atom. The lowest BCUT2D eigenvalue weighted by Crippen LogP contribution is -2.24. The molecule has 5 nitrogen and oxygen atoms in total. The van der Waals surface area contributed by atoms with Crippen LogP contribution < -0.4 is 20.3 Å². The number of ether oxygens (including phenoxy) is 1. The average molecular weight is 362 g/mol. The highest BCUT2D eigenvalue weighted by Crippen LogP contribution is 2.43. The summed E-state index contributed by atoms with van der Waals surface area (Å²) >= 11 is 0. The highest BCUT2D eigenvalue weighted by Gasteiger charge is 2.31. The maximum absolute atomic E-state index is 9.70. The number of nitrogens with zero attached hydrogens (tertiary/aromatic N) is 3. The number of anilines is 2. The molecule has 0 saturated heterocycles. The molecule has 3 rings (SSSR count). The Balaban J connectivity index is 2.09. The van der Waals surface area contributed by atoms with Crippen molar-refractivity contribution in [3.63, 3.8) is 0 Å². The third-order valence-corrected chi connectivity index (χ3v) is 5.07. The number of hydrogen-bond donors (Lipinski definition) is 1. The first-order valence-corrected chi connectivity index (χ1v) is 9.23. The molecule has 1 atom stereocenters. The summed E-state index contributed by atoms with van der Waals surface area (Å²) in [7, 11) is 4.01. The van der Waals surface area contributed by atoms with Crippen LogP contribution >= 0.6 is 0 Å². The normalized spacial score (nSPS) is 15.6. The Labute approximate surface area is 161 Å². The second-order valence-corrected chi connectivity index (χ2v) is 6.81. The summed E-state index contributed by atoms with van der Waals surface area (Å²) < 4.78 is 5.83. The summed E-state index contributed by atoms with van der Waals surface area (Å²) in [5, 5.41) is 9.70. The number of rotatable bonds is 5. The van der Waals surface area contributed by atoms with Gasteiger partial charge < -0.3 is 20.3 Å². The Hall–Kier alpha value is -3.13. The van der Waals surface area contributed by atoms with E-state index in [-0.39, 0.29) is 11.8 Å². The predicted molar refractivity (Wildman–Crippen MR) is 110 cm³/mol. The van der Waals surface area contributed by atoms with E-state index >= 15 is 0 Å². The van der Waals surface area contributed by atoms with Gasteiger partial charge in [0.15, 0.2) is 0 Å². The standard InChI is InChI=1S/C22H26N4O/c1-5-26(6-2)17-11-12-18-20(13-17)27-22(24)19(14-23)21(18)15-7-9-16(10-8-15)25(3)4/h7-13,21H,5-6,24H2,1-4H3/t21-/m0/s1. The Bertz CT molecular complexity index is 890. The van der Waals surface area contributed by atoms with Gasteiger partial charge in [-0.2, -0.15) is 5.26 Å². The van der Waals surface area contributed by atoms with Crippen molar-refractivity contribution in [2.75, 3.05) is 37.0 Å². The number of benzene rings is 2. The molecule has 1 aliphatic rings. The minimum Gasteiger partial charge on any atom is -0.440 e. The molecule has 0 unspecified atom stereocenters. The summed E-state index contributed by atoms with van der Waals surface area (Å²) in [5.74, 6) is 0.682. The number of nitriles is 1. The van der Waals surface area contributed by atoms with Crippen LogP contribution in [0.25, 0.3) is 0 Å². The third-order valence-electron chi connectivity index (χ3n) is 5.07. The molecule has 2 aromatic carbocycles. The van der Waals surface area contributed by atoms with E-state index in [4.69, 9.17) is 10.5 Å². The van der Waals surface area contributed by atoms with Crippen LogP contribution in [0.4, 0.5) is 11.4 Å². The Kier molecular flexibility index (Phi) is 5.27. The Morgan fingerprint density at radius 3 is 2.22 bits per heavy atom. The van der Waals surface area contributed by atoms with Crippen molar-refractivity contribution in [1.82, 2.24) is 0 Å². The van der Waals surface area contributed by atoms with Gasteiger partial charge in [0.05, 0.1) is 5.92 Å². The van der Waals surface area contributed by atoms with Crippen molar-refractivity contribution in [3.05, 3.63) is 65.0 Å². The van der Waals surface area contributed by atoms with Gasteiger partial charge in [-0.3, -0.25) is 0 Å². The predicted octanol–water partition coefficient (Wildman–Crippen LogP) is 3.82. The van der Waals surface area contributed by atoms with E-state index < -0.39 is 0 Å². The first-order chi connectivity index (χ1) is 13.0. The second-order valence-electron chi connectivity index (χ2n) is 6.81. The lowest BCUT2D eigenvalue weighted by atomic mass is 9.83. The van der Waals surface area contributed by atoms with Crippen molar-refractivity contribution in [3.8, 4) is 11.8 Å². The highest BCUT2D eigenvalue weighted by molar-refractivity contribution is 5.62.